The Morgan fingerprint density at radius 3 is 2.80 bits per heavy atom. The largest absolute Gasteiger partial charge is 0.495 e. The number of benzene rings is 1. The summed E-state index contributed by atoms with van der Waals surface area (Å²) in [6, 6.07) is 6.84. The Labute approximate surface area is 127 Å². The standard InChI is InChI=1S/C16H25ClN2O/c1-5-13-9-18-14(11(2)3)10-19(13)15-8-12(17)6-7-16(15)20-4/h6-8,11,13-14,18H,5,9-10H2,1-4H3. The first-order valence-electron chi connectivity index (χ1n) is 7.40. The molecule has 3 nitrogen and oxygen atoms in total. The summed E-state index contributed by atoms with van der Waals surface area (Å²) in [6.07, 6.45) is 1.10. The van der Waals surface area contributed by atoms with Crippen LogP contribution in [0.5, 0.6) is 5.75 Å². The number of ether oxygens (including phenoxy) is 1. The van der Waals surface area contributed by atoms with Gasteiger partial charge < -0.3 is 15.0 Å². The van der Waals surface area contributed by atoms with Gasteiger partial charge in [-0.3, -0.25) is 0 Å². The second-order valence-electron chi connectivity index (χ2n) is 5.79. The molecule has 1 saturated heterocycles. The van der Waals surface area contributed by atoms with Gasteiger partial charge in [0, 0.05) is 30.2 Å². The molecule has 1 aromatic carbocycles. The lowest BCUT2D eigenvalue weighted by molar-refractivity contribution is 0.321. The summed E-state index contributed by atoms with van der Waals surface area (Å²) in [6.45, 7) is 8.75. The molecule has 1 fully saturated rings. The molecule has 0 saturated carbocycles. The molecule has 0 aromatic heterocycles. The van der Waals surface area contributed by atoms with E-state index in [-0.39, 0.29) is 0 Å². The van der Waals surface area contributed by atoms with Crippen LogP contribution in [0, 0.1) is 5.92 Å². The maximum atomic E-state index is 6.19. The van der Waals surface area contributed by atoms with Gasteiger partial charge in [-0.05, 0) is 30.5 Å². The predicted molar refractivity (Wildman–Crippen MR) is 86.1 cm³/mol. The Morgan fingerprint density at radius 1 is 1.45 bits per heavy atom. The third kappa shape index (κ3) is 3.21. The van der Waals surface area contributed by atoms with Crippen LogP contribution in [0.2, 0.25) is 5.02 Å². The summed E-state index contributed by atoms with van der Waals surface area (Å²) in [7, 11) is 1.72. The SMILES string of the molecule is CCC1CNC(C(C)C)CN1c1cc(Cl)ccc1OC. The van der Waals surface area contributed by atoms with Crippen LogP contribution in [0.25, 0.3) is 0 Å². The summed E-state index contributed by atoms with van der Waals surface area (Å²) in [4.78, 5) is 2.45. The zero-order chi connectivity index (χ0) is 14.7. The third-order valence-electron chi connectivity index (χ3n) is 4.18. The summed E-state index contributed by atoms with van der Waals surface area (Å²) < 4.78 is 5.52. The average molecular weight is 297 g/mol. The van der Waals surface area contributed by atoms with E-state index in [4.69, 9.17) is 16.3 Å². The number of piperazine rings is 1. The van der Waals surface area contributed by atoms with Crippen LogP contribution in [-0.2, 0) is 0 Å². The Hall–Kier alpha value is -0.930. The monoisotopic (exact) mass is 296 g/mol. The summed E-state index contributed by atoms with van der Waals surface area (Å²) in [5, 5.41) is 4.42. The smallest absolute Gasteiger partial charge is 0.142 e. The highest BCUT2D eigenvalue weighted by Gasteiger charge is 2.30. The highest BCUT2D eigenvalue weighted by atomic mass is 35.5. The van der Waals surface area contributed by atoms with Gasteiger partial charge >= 0.3 is 0 Å². The van der Waals surface area contributed by atoms with E-state index in [9.17, 15) is 0 Å². The van der Waals surface area contributed by atoms with E-state index >= 15 is 0 Å². The van der Waals surface area contributed by atoms with Crippen molar-refractivity contribution in [3.05, 3.63) is 23.2 Å². The van der Waals surface area contributed by atoms with Gasteiger partial charge in [0.25, 0.3) is 0 Å². The number of methoxy groups -OCH3 is 1. The van der Waals surface area contributed by atoms with E-state index in [1.807, 2.05) is 18.2 Å². The molecule has 1 heterocycles. The summed E-state index contributed by atoms with van der Waals surface area (Å²) in [5.74, 6) is 1.51. The molecule has 1 aromatic rings. The van der Waals surface area contributed by atoms with Gasteiger partial charge in [0.1, 0.15) is 5.75 Å². The highest BCUT2D eigenvalue weighted by Crippen LogP contribution is 2.34. The molecule has 0 spiro atoms. The van der Waals surface area contributed by atoms with Gasteiger partial charge in [0.15, 0.2) is 0 Å². The normalized spacial score (nSPS) is 23.2. The first-order chi connectivity index (χ1) is 9.56. The molecular formula is C16H25ClN2O. The highest BCUT2D eigenvalue weighted by molar-refractivity contribution is 6.30. The minimum Gasteiger partial charge on any atom is -0.495 e. The van der Waals surface area contributed by atoms with Gasteiger partial charge in [0.05, 0.1) is 12.8 Å². The Kier molecular flexibility index (Phi) is 5.17. The first-order valence-corrected chi connectivity index (χ1v) is 7.78. The van der Waals surface area contributed by atoms with Crippen LogP contribution >= 0.6 is 11.6 Å². The quantitative estimate of drug-likeness (QED) is 0.919. The molecule has 0 bridgehead atoms. The van der Waals surface area contributed by atoms with Crippen molar-refractivity contribution >= 4 is 17.3 Å². The Morgan fingerprint density at radius 2 is 2.20 bits per heavy atom. The van der Waals surface area contributed by atoms with Crippen molar-refractivity contribution in [3.63, 3.8) is 0 Å². The fraction of sp³-hybridized carbons (Fsp3) is 0.625. The molecule has 0 radical (unpaired) electrons. The number of hydrogen-bond donors (Lipinski definition) is 1. The molecule has 2 atom stereocenters. The predicted octanol–water partition coefficient (Wildman–Crippen LogP) is 3.56. The van der Waals surface area contributed by atoms with E-state index < -0.39 is 0 Å². The number of rotatable bonds is 4. The van der Waals surface area contributed by atoms with Crippen LogP contribution in [0.4, 0.5) is 5.69 Å². The molecule has 0 amide bonds. The molecule has 0 aliphatic carbocycles. The van der Waals surface area contributed by atoms with Crippen molar-refractivity contribution < 1.29 is 4.74 Å². The number of nitrogens with one attached hydrogen (secondary N) is 1. The maximum absolute atomic E-state index is 6.19. The fourth-order valence-electron chi connectivity index (χ4n) is 2.82. The van der Waals surface area contributed by atoms with Crippen LogP contribution in [0.3, 0.4) is 0 Å². The van der Waals surface area contributed by atoms with Crippen molar-refractivity contribution in [2.45, 2.75) is 39.3 Å². The van der Waals surface area contributed by atoms with E-state index in [1.54, 1.807) is 7.11 Å². The van der Waals surface area contributed by atoms with Gasteiger partial charge in [-0.2, -0.15) is 0 Å². The summed E-state index contributed by atoms with van der Waals surface area (Å²) in [5.41, 5.74) is 1.11. The van der Waals surface area contributed by atoms with Crippen molar-refractivity contribution in [3.8, 4) is 5.75 Å². The number of halogens is 1. The van der Waals surface area contributed by atoms with Crippen molar-refractivity contribution in [2.24, 2.45) is 5.92 Å². The molecule has 112 valence electrons. The lowest BCUT2D eigenvalue weighted by Gasteiger charge is -2.43. The molecule has 1 aliphatic rings. The molecule has 4 heteroatoms. The topological polar surface area (TPSA) is 24.5 Å². The average Bonchev–Trinajstić information content (AvgIpc) is 2.46. The van der Waals surface area contributed by atoms with Gasteiger partial charge in [0.2, 0.25) is 0 Å². The van der Waals surface area contributed by atoms with Crippen LogP contribution in [0.1, 0.15) is 27.2 Å². The first kappa shape index (κ1) is 15.5. The van der Waals surface area contributed by atoms with Crippen LogP contribution in [0.15, 0.2) is 18.2 Å². The van der Waals surface area contributed by atoms with E-state index in [1.165, 1.54) is 0 Å². The molecule has 1 aliphatic heterocycles. The van der Waals surface area contributed by atoms with E-state index in [0.29, 0.717) is 18.0 Å². The zero-order valence-electron chi connectivity index (χ0n) is 12.8. The van der Waals surface area contributed by atoms with E-state index in [2.05, 4.69) is 31.0 Å². The second kappa shape index (κ2) is 6.68. The van der Waals surface area contributed by atoms with Crippen molar-refractivity contribution in [2.75, 3.05) is 25.1 Å². The lowest BCUT2D eigenvalue weighted by Crippen LogP contribution is -2.58. The summed E-state index contributed by atoms with van der Waals surface area (Å²) >= 11 is 6.19. The lowest BCUT2D eigenvalue weighted by atomic mass is 9.97. The zero-order valence-corrected chi connectivity index (χ0v) is 13.6. The minimum atomic E-state index is 0.484. The van der Waals surface area contributed by atoms with Crippen molar-refractivity contribution in [1.29, 1.82) is 0 Å². The number of nitrogens with zero attached hydrogens (tertiary/aromatic N) is 1. The minimum absolute atomic E-state index is 0.484. The van der Waals surface area contributed by atoms with Gasteiger partial charge in [-0.15, -0.1) is 0 Å². The Balaban J connectivity index is 2.33. The second-order valence-corrected chi connectivity index (χ2v) is 6.23. The maximum Gasteiger partial charge on any atom is 0.142 e. The number of hydrogen-bond acceptors (Lipinski definition) is 3. The van der Waals surface area contributed by atoms with Crippen molar-refractivity contribution in [1.82, 2.24) is 5.32 Å². The molecule has 1 N–H and O–H groups in total. The van der Waals surface area contributed by atoms with Gasteiger partial charge in [-0.25, -0.2) is 0 Å². The number of anilines is 1. The van der Waals surface area contributed by atoms with Crippen LogP contribution < -0.4 is 15.0 Å². The molecule has 2 rings (SSSR count). The molecule has 20 heavy (non-hydrogen) atoms. The fourth-order valence-corrected chi connectivity index (χ4v) is 2.98. The molecular weight excluding hydrogens is 272 g/mol. The van der Waals surface area contributed by atoms with E-state index in [0.717, 1.165) is 36.0 Å². The Bertz CT molecular complexity index is 450. The third-order valence-corrected chi connectivity index (χ3v) is 4.41. The van der Waals surface area contributed by atoms with Gasteiger partial charge in [-0.1, -0.05) is 32.4 Å². The van der Waals surface area contributed by atoms with Crippen LogP contribution in [-0.4, -0.2) is 32.3 Å². The molecule has 2 unspecified atom stereocenters.